The smallest absolute Gasteiger partial charge is 0.255 e. The van der Waals surface area contributed by atoms with E-state index in [2.05, 4.69) is 31.1 Å². The maximum Gasteiger partial charge on any atom is 0.255 e. The second-order valence-corrected chi connectivity index (χ2v) is 5.84. The molecule has 2 rings (SSSR count). The molecule has 1 amide bonds. The van der Waals surface area contributed by atoms with Crippen molar-refractivity contribution in [3.8, 4) is 0 Å². The second-order valence-electron chi connectivity index (χ2n) is 5.84. The number of hydrogen-bond donors (Lipinski definition) is 1. The average molecular weight is 247 g/mol. The number of aromatic nitrogens is 1. The lowest BCUT2D eigenvalue weighted by molar-refractivity contribution is 0.0792. The van der Waals surface area contributed by atoms with Crippen molar-refractivity contribution < 1.29 is 4.79 Å². The van der Waals surface area contributed by atoms with Gasteiger partial charge in [0.25, 0.3) is 5.91 Å². The van der Waals surface area contributed by atoms with Gasteiger partial charge in [0.05, 0.1) is 11.3 Å². The summed E-state index contributed by atoms with van der Waals surface area (Å²) >= 11 is 0. The third-order valence-electron chi connectivity index (χ3n) is 2.90. The summed E-state index contributed by atoms with van der Waals surface area (Å²) in [7, 11) is 0. The number of nitrogens with zero attached hydrogens (tertiary/aromatic N) is 2. The molecule has 0 bridgehead atoms. The van der Waals surface area contributed by atoms with E-state index in [1.807, 2.05) is 11.0 Å². The predicted octanol–water partition coefficient (Wildman–Crippen LogP) is 2.53. The molecule has 1 aromatic heterocycles. The van der Waals surface area contributed by atoms with Crippen LogP contribution in [0, 0.1) is 0 Å². The van der Waals surface area contributed by atoms with Crippen LogP contribution < -0.4 is 5.32 Å². The third kappa shape index (κ3) is 3.22. The molecule has 1 fully saturated rings. The summed E-state index contributed by atoms with van der Waals surface area (Å²) in [6.07, 6.45) is 5.62. The number of likely N-dealkylation sites (tertiary alicyclic amines) is 1. The molecule has 1 aromatic rings. The minimum Gasteiger partial charge on any atom is -0.379 e. The van der Waals surface area contributed by atoms with E-state index in [-0.39, 0.29) is 11.4 Å². The van der Waals surface area contributed by atoms with Gasteiger partial charge in [-0.1, -0.05) is 0 Å². The van der Waals surface area contributed by atoms with Crippen molar-refractivity contribution in [1.29, 1.82) is 0 Å². The maximum atomic E-state index is 12.2. The topological polar surface area (TPSA) is 45.2 Å². The number of amides is 1. The Balaban J connectivity index is 2.13. The average Bonchev–Trinajstić information content (AvgIpc) is 2.79. The molecule has 4 heteroatoms. The zero-order valence-corrected chi connectivity index (χ0v) is 11.4. The van der Waals surface area contributed by atoms with Crippen molar-refractivity contribution >= 4 is 11.6 Å². The molecular weight excluding hydrogens is 226 g/mol. The van der Waals surface area contributed by atoms with Crippen LogP contribution >= 0.6 is 0 Å². The molecule has 1 aliphatic rings. The summed E-state index contributed by atoms with van der Waals surface area (Å²) in [6.45, 7) is 8.00. The van der Waals surface area contributed by atoms with Crippen LogP contribution in [0.15, 0.2) is 18.5 Å². The number of carbonyl (C=O) groups is 1. The van der Waals surface area contributed by atoms with Crippen LogP contribution in [0.5, 0.6) is 0 Å². The SMILES string of the molecule is CC(C)(C)Nc1cncc(C(=O)N2CCCC2)c1. The van der Waals surface area contributed by atoms with E-state index in [0.29, 0.717) is 5.56 Å². The molecule has 4 nitrogen and oxygen atoms in total. The number of hydrogen-bond acceptors (Lipinski definition) is 3. The summed E-state index contributed by atoms with van der Waals surface area (Å²) in [5.41, 5.74) is 1.54. The van der Waals surface area contributed by atoms with Crippen molar-refractivity contribution in [3.63, 3.8) is 0 Å². The first-order valence-corrected chi connectivity index (χ1v) is 6.48. The van der Waals surface area contributed by atoms with Crippen LogP contribution in [0.1, 0.15) is 44.0 Å². The van der Waals surface area contributed by atoms with Gasteiger partial charge in [0.15, 0.2) is 0 Å². The Morgan fingerprint density at radius 2 is 1.94 bits per heavy atom. The monoisotopic (exact) mass is 247 g/mol. The molecule has 0 unspecified atom stereocenters. The van der Waals surface area contributed by atoms with Gasteiger partial charge in [-0.3, -0.25) is 9.78 Å². The van der Waals surface area contributed by atoms with E-state index in [1.54, 1.807) is 12.4 Å². The number of carbonyl (C=O) groups excluding carboxylic acids is 1. The largest absolute Gasteiger partial charge is 0.379 e. The Hall–Kier alpha value is -1.58. The molecule has 1 N–H and O–H groups in total. The fourth-order valence-electron chi connectivity index (χ4n) is 2.16. The molecule has 0 atom stereocenters. The van der Waals surface area contributed by atoms with E-state index < -0.39 is 0 Å². The molecule has 98 valence electrons. The van der Waals surface area contributed by atoms with E-state index in [9.17, 15) is 4.79 Å². The van der Waals surface area contributed by atoms with Crippen molar-refractivity contribution in [1.82, 2.24) is 9.88 Å². The summed E-state index contributed by atoms with van der Waals surface area (Å²) < 4.78 is 0. The van der Waals surface area contributed by atoms with Gasteiger partial charge in [0.2, 0.25) is 0 Å². The van der Waals surface area contributed by atoms with Gasteiger partial charge >= 0.3 is 0 Å². The molecule has 0 aromatic carbocycles. The normalized spacial score (nSPS) is 15.8. The van der Waals surface area contributed by atoms with Gasteiger partial charge in [-0.05, 0) is 39.7 Å². The number of pyridine rings is 1. The number of anilines is 1. The predicted molar refractivity (Wildman–Crippen MR) is 72.8 cm³/mol. The van der Waals surface area contributed by atoms with Gasteiger partial charge in [-0.15, -0.1) is 0 Å². The number of rotatable bonds is 2. The molecule has 0 saturated carbocycles. The van der Waals surface area contributed by atoms with E-state index in [1.165, 1.54) is 0 Å². The van der Waals surface area contributed by atoms with Crippen LogP contribution in [0.25, 0.3) is 0 Å². The summed E-state index contributed by atoms with van der Waals surface area (Å²) in [5, 5.41) is 3.33. The van der Waals surface area contributed by atoms with E-state index in [0.717, 1.165) is 31.6 Å². The fourth-order valence-corrected chi connectivity index (χ4v) is 2.16. The number of nitrogens with one attached hydrogen (secondary N) is 1. The van der Waals surface area contributed by atoms with E-state index >= 15 is 0 Å². The minimum atomic E-state index is -0.0308. The van der Waals surface area contributed by atoms with Crippen molar-refractivity contribution in [2.24, 2.45) is 0 Å². The lowest BCUT2D eigenvalue weighted by Gasteiger charge is -2.22. The van der Waals surface area contributed by atoms with Crippen LogP contribution in [-0.2, 0) is 0 Å². The van der Waals surface area contributed by atoms with Gasteiger partial charge in [-0.25, -0.2) is 0 Å². The first kappa shape index (κ1) is 12.9. The Labute approximate surface area is 108 Å². The summed E-state index contributed by atoms with van der Waals surface area (Å²) in [6, 6.07) is 1.89. The Bertz CT molecular complexity index is 431. The van der Waals surface area contributed by atoms with Gasteiger partial charge in [0.1, 0.15) is 0 Å². The van der Waals surface area contributed by atoms with Crippen LogP contribution in [0.4, 0.5) is 5.69 Å². The summed E-state index contributed by atoms with van der Waals surface area (Å²) in [5.74, 6) is 0.0950. The van der Waals surface area contributed by atoms with Crippen LogP contribution in [0.2, 0.25) is 0 Å². The lowest BCUT2D eigenvalue weighted by atomic mass is 10.1. The zero-order valence-electron chi connectivity index (χ0n) is 11.4. The van der Waals surface area contributed by atoms with Crippen LogP contribution in [-0.4, -0.2) is 34.4 Å². The highest BCUT2D eigenvalue weighted by atomic mass is 16.2. The highest BCUT2D eigenvalue weighted by Gasteiger charge is 2.20. The molecule has 0 aliphatic carbocycles. The first-order chi connectivity index (χ1) is 8.46. The lowest BCUT2D eigenvalue weighted by Crippen LogP contribution is -2.29. The molecular formula is C14H21N3O. The standard InChI is InChI=1S/C14H21N3O/c1-14(2,3)16-12-8-11(9-15-10-12)13(18)17-6-4-5-7-17/h8-10,16H,4-7H2,1-3H3. The Morgan fingerprint density at radius 1 is 1.28 bits per heavy atom. The molecule has 2 heterocycles. The fraction of sp³-hybridized carbons (Fsp3) is 0.571. The molecule has 1 saturated heterocycles. The molecule has 0 spiro atoms. The molecule has 18 heavy (non-hydrogen) atoms. The minimum absolute atomic E-state index is 0.0308. The quantitative estimate of drug-likeness (QED) is 0.873. The van der Waals surface area contributed by atoms with Crippen molar-refractivity contribution in [2.75, 3.05) is 18.4 Å². The van der Waals surface area contributed by atoms with Gasteiger partial charge < -0.3 is 10.2 Å². The van der Waals surface area contributed by atoms with Gasteiger partial charge in [-0.2, -0.15) is 0 Å². The van der Waals surface area contributed by atoms with Crippen molar-refractivity contribution in [2.45, 2.75) is 39.2 Å². The second kappa shape index (κ2) is 4.96. The Morgan fingerprint density at radius 3 is 2.56 bits per heavy atom. The van der Waals surface area contributed by atoms with Gasteiger partial charge in [0, 0.05) is 31.0 Å². The Kier molecular flexibility index (Phi) is 3.55. The highest BCUT2D eigenvalue weighted by Crippen LogP contribution is 2.17. The zero-order chi connectivity index (χ0) is 13.2. The molecule has 1 aliphatic heterocycles. The first-order valence-electron chi connectivity index (χ1n) is 6.48. The van der Waals surface area contributed by atoms with Crippen molar-refractivity contribution in [3.05, 3.63) is 24.0 Å². The van der Waals surface area contributed by atoms with E-state index in [4.69, 9.17) is 0 Å². The maximum absolute atomic E-state index is 12.2. The summed E-state index contributed by atoms with van der Waals surface area (Å²) in [4.78, 5) is 18.3. The highest BCUT2D eigenvalue weighted by molar-refractivity contribution is 5.94. The third-order valence-corrected chi connectivity index (χ3v) is 2.90. The molecule has 0 radical (unpaired) electrons. The van der Waals surface area contributed by atoms with Crippen LogP contribution in [0.3, 0.4) is 0 Å².